The van der Waals surface area contributed by atoms with Gasteiger partial charge in [-0.15, -0.1) is 0 Å². The Hall–Kier alpha value is -2.16. The topological polar surface area (TPSA) is 84.0 Å². The molecule has 1 saturated heterocycles. The predicted octanol–water partition coefficient (Wildman–Crippen LogP) is 1.63. The summed E-state index contributed by atoms with van der Waals surface area (Å²) in [6, 6.07) is 11.9. The summed E-state index contributed by atoms with van der Waals surface area (Å²) >= 11 is 0. The first-order valence-electron chi connectivity index (χ1n) is 7.21. The van der Waals surface area contributed by atoms with Gasteiger partial charge in [0.05, 0.1) is 29.3 Å². The van der Waals surface area contributed by atoms with Crippen LogP contribution < -0.4 is 11.1 Å². The molecule has 1 aromatic heterocycles. The van der Waals surface area contributed by atoms with Gasteiger partial charge >= 0.3 is 0 Å². The predicted molar refractivity (Wildman–Crippen MR) is 79.7 cm³/mol. The molecule has 3 N–H and O–H groups in total. The first-order chi connectivity index (χ1) is 10.3. The monoisotopic (exact) mass is 280 g/mol. The Morgan fingerprint density at radius 2 is 2.24 bits per heavy atom. The third-order valence-electron chi connectivity index (χ3n) is 4.60. The van der Waals surface area contributed by atoms with Gasteiger partial charge in [-0.2, -0.15) is 5.26 Å². The lowest BCUT2D eigenvalue weighted by molar-refractivity contribution is 0.00525. The molecule has 0 radical (unpaired) electrons. The zero-order chi connectivity index (χ0) is 14.4. The van der Waals surface area contributed by atoms with Crippen molar-refractivity contribution in [1.29, 1.82) is 5.26 Å². The van der Waals surface area contributed by atoms with Crippen molar-refractivity contribution in [2.24, 2.45) is 11.7 Å². The molecule has 5 heteroatoms. The maximum Gasteiger partial charge on any atom is 0.128 e. The van der Waals surface area contributed by atoms with Crippen LogP contribution in [0.2, 0.25) is 0 Å². The van der Waals surface area contributed by atoms with Crippen LogP contribution in [0.1, 0.15) is 12.0 Å². The molecule has 2 fully saturated rings. The summed E-state index contributed by atoms with van der Waals surface area (Å²) < 4.78 is 5.72. The summed E-state index contributed by atoms with van der Waals surface area (Å²) in [7, 11) is 0. The summed E-state index contributed by atoms with van der Waals surface area (Å²) in [5.74, 6) is 1.15. The van der Waals surface area contributed by atoms with Gasteiger partial charge in [-0.05, 0) is 18.6 Å². The normalized spacial score (nSPS) is 30.5. The molecular formula is C16H16N4O. The van der Waals surface area contributed by atoms with E-state index in [-0.39, 0.29) is 18.2 Å². The Labute approximate surface area is 122 Å². The molecule has 2 heterocycles. The minimum Gasteiger partial charge on any atom is -0.376 e. The summed E-state index contributed by atoms with van der Waals surface area (Å²) in [6.45, 7) is 0.788. The number of para-hydroxylation sites is 1. The highest BCUT2D eigenvalue weighted by atomic mass is 16.5. The van der Waals surface area contributed by atoms with Crippen LogP contribution in [0.25, 0.3) is 10.9 Å². The van der Waals surface area contributed by atoms with E-state index in [4.69, 9.17) is 10.5 Å². The van der Waals surface area contributed by atoms with Gasteiger partial charge in [0.25, 0.3) is 0 Å². The Morgan fingerprint density at radius 1 is 1.38 bits per heavy atom. The quantitative estimate of drug-likeness (QED) is 0.873. The van der Waals surface area contributed by atoms with Gasteiger partial charge in [-0.3, -0.25) is 0 Å². The molecule has 2 aliphatic rings. The minimum atomic E-state index is 0.0812. The number of nitrogens with two attached hydrogens (primary N) is 1. The van der Waals surface area contributed by atoms with Crippen molar-refractivity contribution in [2.75, 3.05) is 11.9 Å². The molecule has 0 bridgehead atoms. The molecule has 106 valence electrons. The van der Waals surface area contributed by atoms with E-state index in [0.29, 0.717) is 17.3 Å². The maximum absolute atomic E-state index is 9.31. The number of rotatable bonds is 2. The number of hydrogen-bond donors (Lipinski definition) is 2. The first kappa shape index (κ1) is 12.6. The fraction of sp³-hybridized carbons (Fsp3) is 0.375. The van der Waals surface area contributed by atoms with E-state index in [9.17, 15) is 5.26 Å². The van der Waals surface area contributed by atoms with Crippen LogP contribution in [0.4, 0.5) is 5.82 Å². The third kappa shape index (κ3) is 1.88. The molecule has 0 amide bonds. The minimum absolute atomic E-state index is 0.0812. The van der Waals surface area contributed by atoms with E-state index in [1.807, 2.05) is 24.3 Å². The van der Waals surface area contributed by atoms with Crippen LogP contribution in [0.3, 0.4) is 0 Å². The standard InChI is InChI=1S/C16H16N4O/c17-8-9-7-13(19-12-4-2-1-3-10(9)12)20-15-14(18)11-5-6-21-16(11)15/h1-4,7,11,14-16H,5-6,18H2,(H,19,20). The average molecular weight is 280 g/mol. The van der Waals surface area contributed by atoms with E-state index in [0.717, 1.165) is 23.9 Å². The number of nitrogens with one attached hydrogen (secondary N) is 1. The van der Waals surface area contributed by atoms with Gasteiger partial charge in [0.2, 0.25) is 0 Å². The van der Waals surface area contributed by atoms with Crippen molar-refractivity contribution < 1.29 is 4.74 Å². The fourth-order valence-corrected chi connectivity index (χ4v) is 3.44. The molecule has 1 aliphatic heterocycles. The van der Waals surface area contributed by atoms with Crippen molar-refractivity contribution in [2.45, 2.75) is 24.6 Å². The SMILES string of the molecule is N#Cc1cc(NC2C(N)C3CCOC32)nc2ccccc12. The molecule has 21 heavy (non-hydrogen) atoms. The molecule has 4 atom stereocenters. The van der Waals surface area contributed by atoms with Gasteiger partial charge in [0.15, 0.2) is 0 Å². The second-order valence-electron chi connectivity index (χ2n) is 5.72. The Balaban J connectivity index is 1.67. The van der Waals surface area contributed by atoms with E-state index in [1.54, 1.807) is 6.07 Å². The largest absolute Gasteiger partial charge is 0.376 e. The molecule has 1 saturated carbocycles. The first-order valence-corrected chi connectivity index (χ1v) is 7.21. The summed E-state index contributed by atoms with van der Waals surface area (Å²) in [5, 5.41) is 13.5. The molecule has 4 rings (SSSR count). The number of benzene rings is 1. The number of anilines is 1. The third-order valence-corrected chi connectivity index (χ3v) is 4.60. The zero-order valence-electron chi connectivity index (χ0n) is 11.5. The van der Waals surface area contributed by atoms with Crippen LogP contribution in [0.5, 0.6) is 0 Å². The lowest BCUT2D eigenvalue weighted by Gasteiger charge is -2.45. The maximum atomic E-state index is 9.31. The molecule has 2 aromatic rings. The van der Waals surface area contributed by atoms with E-state index >= 15 is 0 Å². The highest BCUT2D eigenvalue weighted by Crippen LogP contribution is 2.39. The highest BCUT2D eigenvalue weighted by Gasteiger charge is 2.52. The second kappa shape index (κ2) is 4.69. The van der Waals surface area contributed by atoms with Gasteiger partial charge < -0.3 is 15.8 Å². The Kier molecular flexibility index (Phi) is 2.81. The van der Waals surface area contributed by atoms with Crippen molar-refractivity contribution in [1.82, 2.24) is 4.98 Å². The average Bonchev–Trinajstić information content (AvgIpc) is 2.96. The van der Waals surface area contributed by atoms with Crippen LogP contribution in [-0.4, -0.2) is 29.8 Å². The summed E-state index contributed by atoms with van der Waals surface area (Å²) in [5.41, 5.74) is 7.64. The second-order valence-corrected chi connectivity index (χ2v) is 5.72. The van der Waals surface area contributed by atoms with Crippen LogP contribution in [-0.2, 0) is 4.74 Å². The number of ether oxygens (including phenoxy) is 1. The number of fused-ring (bicyclic) bond motifs is 2. The smallest absolute Gasteiger partial charge is 0.128 e. The van der Waals surface area contributed by atoms with Crippen molar-refractivity contribution in [3.63, 3.8) is 0 Å². The molecule has 0 spiro atoms. The Morgan fingerprint density at radius 3 is 3.10 bits per heavy atom. The number of pyridine rings is 1. The fourth-order valence-electron chi connectivity index (χ4n) is 3.44. The number of nitrogens with zero attached hydrogens (tertiary/aromatic N) is 2. The zero-order valence-corrected chi connectivity index (χ0v) is 11.5. The van der Waals surface area contributed by atoms with Crippen LogP contribution in [0.15, 0.2) is 30.3 Å². The molecule has 1 aromatic carbocycles. The number of aromatic nitrogens is 1. The lowest BCUT2D eigenvalue weighted by Crippen LogP contribution is -2.65. The van der Waals surface area contributed by atoms with Crippen molar-refractivity contribution in [3.8, 4) is 6.07 Å². The van der Waals surface area contributed by atoms with Crippen LogP contribution in [0, 0.1) is 17.2 Å². The Bertz CT molecular complexity index is 739. The van der Waals surface area contributed by atoms with Gasteiger partial charge in [-0.1, -0.05) is 18.2 Å². The lowest BCUT2D eigenvalue weighted by atomic mass is 9.72. The number of nitriles is 1. The molecule has 4 unspecified atom stereocenters. The van der Waals surface area contributed by atoms with E-state index < -0.39 is 0 Å². The molecule has 1 aliphatic carbocycles. The summed E-state index contributed by atoms with van der Waals surface area (Å²) in [4.78, 5) is 4.58. The number of hydrogen-bond acceptors (Lipinski definition) is 5. The van der Waals surface area contributed by atoms with E-state index in [2.05, 4.69) is 16.4 Å². The van der Waals surface area contributed by atoms with Gasteiger partial charge in [0.1, 0.15) is 5.82 Å². The summed E-state index contributed by atoms with van der Waals surface area (Å²) in [6.07, 6.45) is 1.22. The van der Waals surface area contributed by atoms with E-state index in [1.165, 1.54) is 0 Å². The highest BCUT2D eigenvalue weighted by molar-refractivity contribution is 5.86. The van der Waals surface area contributed by atoms with Crippen molar-refractivity contribution in [3.05, 3.63) is 35.9 Å². The van der Waals surface area contributed by atoms with Gasteiger partial charge in [0, 0.05) is 24.0 Å². The van der Waals surface area contributed by atoms with Crippen molar-refractivity contribution >= 4 is 16.7 Å². The molecular weight excluding hydrogens is 264 g/mol. The van der Waals surface area contributed by atoms with Gasteiger partial charge in [-0.25, -0.2) is 4.98 Å². The molecule has 5 nitrogen and oxygen atoms in total. The van der Waals surface area contributed by atoms with Crippen LogP contribution >= 0.6 is 0 Å².